The highest BCUT2D eigenvalue weighted by atomic mass is 16.6. The Morgan fingerprint density at radius 2 is 1.31 bits per heavy atom. The number of benzene rings is 1. The van der Waals surface area contributed by atoms with Gasteiger partial charge in [0.25, 0.3) is 0 Å². The van der Waals surface area contributed by atoms with Crippen LogP contribution in [0.15, 0.2) is 30.3 Å². The third-order valence-electron chi connectivity index (χ3n) is 6.47. The molecule has 218 valence electrons. The maximum Gasteiger partial charge on any atom is 0.338 e. The third kappa shape index (κ3) is 17.9. The van der Waals surface area contributed by atoms with Gasteiger partial charge in [0.05, 0.1) is 25.4 Å². The van der Waals surface area contributed by atoms with E-state index in [1.165, 1.54) is 83.1 Å². The highest BCUT2D eigenvalue weighted by Gasteiger charge is 2.25. The molecule has 0 aromatic heterocycles. The Morgan fingerprint density at radius 1 is 0.769 bits per heavy atom. The van der Waals surface area contributed by atoms with Crippen molar-refractivity contribution in [2.24, 2.45) is 5.92 Å². The quantitative estimate of drug-likeness (QED) is 0.0638. The van der Waals surface area contributed by atoms with Crippen molar-refractivity contribution in [3.8, 4) is 5.75 Å². The first-order valence-electron chi connectivity index (χ1n) is 14.4. The molecule has 1 atom stereocenters. The first-order valence-corrected chi connectivity index (χ1v) is 14.4. The van der Waals surface area contributed by atoms with Gasteiger partial charge in [0, 0.05) is 11.6 Å². The third-order valence-corrected chi connectivity index (χ3v) is 6.47. The van der Waals surface area contributed by atoms with E-state index in [2.05, 4.69) is 11.7 Å². The number of hydrogen-bond acceptors (Lipinski definition) is 6. The molecule has 1 aromatic carbocycles. The Kier molecular flexibility index (Phi) is 18.9. The Labute approximate surface area is 232 Å². The first-order chi connectivity index (χ1) is 18.8. The molecule has 39 heavy (non-hydrogen) atoms. The van der Waals surface area contributed by atoms with Crippen molar-refractivity contribution in [2.75, 3.05) is 6.61 Å². The SMILES string of the molecule is CCCCCCCCCCCCCCCCOc1ccccc1C=CC(=O)OC(=O)CC(CC(=O)O)C(=O)O. The summed E-state index contributed by atoms with van der Waals surface area (Å²) in [7, 11) is 0. The summed E-state index contributed by atoms with van der Waals surface area (Å²) in [6, 6.07) is 7.18. The van der Waals surface area contributed by atoms with Gasteiger partial charge in [0.15, 0.2) is 0 Å². The molecule has 1 unspecified atom stereocenters. The fourth-order valence-electron chi connectivity index (χ4n) is 4.23. The molecule has 0 aliphatic carbocycles. The second-order valence-electron chi connectivity index (χ2n) is 9.95. The molecule has 0 radical (unpaired) electrons. The largest absolute Gasteiger partial charge is 0.493 e. The maximum atomic E-state index is 12.0. The molecular formula is C31H46O8. The summed E-state index contributed by atoms with van der Waals surface area (Å²) in [4.78, 5) is 45.6. The summed E-state index contributed by atoms with van der Waals surface area (Å²) < 4.78 is 10.5. The van der Waals surface area contributed by atoms with Gasteiger partial charge in [-0.1, -0.05) is 109 Å². The van der Waals surface area contributed by atoms with Gasteiger partial charge in [-0.05, 0) is 18.6 Å². The lowest BCUT2D eigenvalue weighted by molar-refractivity contribution is -0.160. The Morgan fingerprint density at radius 3 is 1.85 bits per heavy atom. The lowest BCUT2D eigenvalue weighted by atomic mass is 10.0. The van der Waals surface area contributed by atoms with Crippen molar-refractivity contribution in [1.82, 2.24) is 0 Å². The van der Waals surface area contributed by atoms with E-state index in [9.17, 15) is 19.2 Å². The molecule has 0 heterocycles. The van der Waals surface area contributed by atoms with E-state index >= 15 is 0 Å². The van der Waals surface area contributed by atoms with Gasteiger partial charge in [-0.15, -0.1) is 0 Å². The lowest BCUT2D eigenvalue weighted by Gasteiger charge is -2.09. The van der Waals surface area contributed by atoms with Gasteiger partial charge in [0.2, 0.25) is 0 Å². The lowest BCUT2D eigenvalue weighted by Crippen LogP contribution is -2.23. The molecule has 8 heteroatoms. The topological polar surface area (TPSA) is 127 Å². The van der Waals surface area contributed by atoms with E-state index in [1.54, 1.807) is 18.2 Å². The summed E-state index contributed by atoms with van der Waals surface area (Å²) in [5, 5.41) is 17.8. The molecule has 0 amide bonds. The number of unbranched alkanes of at least 4 members (excludes halogenated alkanes) is 13. The first kappa shape index (κ1) is 33.9. The second kappa shape index (κ2) is 21.7. The number of carboxylic acid groups (broad SMARTS) is 2. The molecule has 0 spiro atoms. The number of ether oxygens (including phenoxy) is 2. The molecule has 0 aliphatic heterocycles. The Bertz CT molecular complexity index is 892. The predicted molar refractivity (Wildman–Crippen MR) is 150 cm³/mol. The van der Waals surface area contributed by atoms with Gasteiger partial charge in [-0.3, -0.25) is 14.4 Å². The molecule has 0 bridgehead atoms. The van der Waals surface area contributed by atoms with Gasteiger partial charge < -0.3 is 19.7 Å². The van der Waals surface area contributed by atoms with Crippen LogP contribution in [-0.4, -0.2) is 40.7 Å². The fraction of sp³-hybridized carbons (Fsp3) is 0.613. The number of carbonyl (C=O) groups excluding carboxylic acids is 2. The highest BCUT2D eigenvalue weighted by Crippen LogP contribution is 2.20. The normalized spacial score (nSPS) is 11.8. The van der Waals surface area contributed by atoms with Crippen LogP contribution in [0.1, 0.15) is 115 Å². The van der Waals surface area contributed by atoms with Crippen LogP contribution in [-0.2, 0) is 23.9 Å². The van der Waals surface area contributed by atoms with Crippen molar-refractivity contribution in [1.29, 1.82) is 0 Å². The molecule has 8 nitrogen and oxygen atoms in total. The van der Waals surface area contributed by atoms with Gasteiger partial charge >= 0.3 is 23.9 Å². The second-order valence-corrected chi connectivity index (χ2v) is 9.95. The van der Waals surface area contributed by atoms with Gasteiger partial charge in [-0.2, -0.15) is 0 Å². The molecule has 0 saturated heterocycles. The number of rotatable bonds is 23. The average Bonchev–Trinajstić information content (AvgIpc) is 2.89. The summed E-state index contributed by atoms with van der Waals surface area (Å²) in [6.45, 7) is 2.81. The van der Waals surface area contributed by atoms with Crippen molar-refractivity contribution in [3.63, 3.8) is 0 Å². The van der Waals surface area contributed by atoms with E-state index in [4.69, 9.17) is 14.9 Å². The summed E-state index contributed by atoms with van der Waals surface area (Å²) in [6.07, 6.45) is 19.1. The van der Waals surface area contributed by atoms with Crippen LogP contribution >= 0.6 is 0 Å². The Hall–Kier alpha value is -3.16. The summed E-state index contributed by atoms with van der Waals surface area (Å²) in [5.74, 6) is -5.72. The zero-order valence-corrected chi connectivity index (χ0v) is 23.4. The van der Waals surface area contributed by atoms with Crippen molar-refractivity contribution in [3.05, 3.63) is 35.9 Å². The van der Waals surface area contributed by atoms with Crippen LogP contribution in [0.3, 0.4) is 0 Å². The number of hydrogen-bond donors (Lipinski definition) is 2. The van der Waals surface area contributed by atoms with E-state index in [1.807, 2.05) is 6.07 Å². The minimum atomic E-state index is -1.46. The van der Waals surface area contributed by atoms with Crippen molar-refractivity contribution < 1.29 is 38.9 Å². The van der Waals surface area contributed by atoms with Crippen LogP contribution in [0.5, 0.6) is 5.75 Å². The van der Waals surface area contributed by atoms with E-state index in [-0.39, 0.29) is 0 Å². The number of esters is 2. The zero-order chi connectivity index (χ0) is 28.7. The molecule has 2 N–H and O–H groups in total. The van der Waals surface area contributed by atoms with Crippen molar-refractivity contribution in [2.45, 2.75) is 110 Å². The fourth-order valence-corrected chi connectivity index (χ4v) is 4.23. The van der Waals surface area contributed by atoms with Crippen LogP contribution in [0.25, 0.3) is 6.08 Å². The number of carbonyl (C=O) groups is 4. The monoisotopic (exact) mass is 546 g/mol. The van der Waals surface area contributed by atoms with Crippen LogP contribution in [0.4, 0.5) is 0 Å². The molecule has 0 aliphatic rings. The van der Waals surface area contributed by atoms with Crippen LogP contribution in [0, 0.1) is 5.92 Å². The van der Waals surface area contributed by atoms with Crippen molar-refractivity contribution >= 4 is 30.0 Å². The van der Waals surface area contributed by atoms with Crippen LogP contribution in [0.2, 0.25) is 0 Å². The van der Waals surface area contributed by atoms with E-state index < -0.39 is 42.6 Å². The average molecular weight is 547 g/mol. The zero-order valence-electron chi connectivity index (χ0n) is 23.4. The molecule has 0 saturated carbocycles. The molecule has 0 fully saturated rings. The maximum absolute atomic E-state index is 12.0. The van der Waals surface area contributed by atoms with E-state index in [0.717, 1.165) is 18.9 Å². The molecule has 1 rings (SSSR count). The number of para-hydroxylation sites is 1. The smallest absolute Gasteiger partial charge is 0.338 e. The minimum Gasteiger partial charge on any atom is -0.493 e. The summed E-state index contributed by atoms with van der Waals surface area (Å²) in [5.41, 5.74) is 0.640. The van der Waals surface area contributed by atoms with Gasteiger partial charge in [0.1, 0.15) is 5.75 Å². The van der Waals surface area contributed by atoms with Gasteiger partial charge in [-0.25, -0.2) is 4.79 Å². The van der Waals surface area contributed by atoms with Crippen LogP contribution < -0.4 is 4.74 Å². The highest BCUT2D eigenvalue weighted by molar-refractivity contribution is 5.96. The predicted octanol–water partition coefficient (Wildman–Crippen LogP) is 7.20. The minimum absolute atomic E-state index is 0.561. The van der Waals surface area contributed by atoms with E-state index in [0.29, 0.717) is 17.9 Å². The number of aliphatic carboxylic acids is 2. The summed E-state index contributed by atoms with van der Waals surface area (Å²) >= 11 is 0. The standard InChI is InChI=1S/C31H46O8/c1-2-3-4-5-6-7-8-9-10-11-12-13-14-17-22-38-27-19-16-15-18-25(27)20-21-29(34)39-30(35)24-26(31(36)37)23-28(32)33/h15-16,18-21,26H,2-14,17,22-24H2,1H3,(H,32,33)(H,36,37). The Balaban J connectivity index is 2.24. The molecule has 1 aromatic rings. The number of carboxylic acids is 2. The molecular weight excluding hydrogens is 500 g/mol.